The van der Waals surface area contributed by atoms with Crippen LogP contribution in [0.4, 0.5) is 4.79 Å². The maximum absolute atomic E-state index is 11.2. The third-order valence-corrected chi connectivity index (χ3v) is 2.83. The second-order valence-electron chi connectivity index (χ2n) is 4.55. The lowest BCUT2D eigenvalue weighted by atomic mass is 9.93. The van der Waals surface area contributed by atoms with Gasteiger partial charge in [-0.3, -0.25) is 10.6 Å². The highest BCUT2D eigenvalue weighted by Crippen LogP contribution is 2.28. The number of nitrogens with two attached hydrogens (primary N) is 1. The standard InChI is InChI=1S/C13H18N2O6/c1-3-20-12(19)21-10-6-8(4-5-9(10)16)7-13(2,15-14)11(17)18/h4-6,15-16H,3,7,14H2,1-2H3,(H,17,18). The summed E-state index contributed by atoms with van der Waals surface area (Å²) >= 11 is 0. The maximum atomic E-state index is 11.2. The molecule has 1 atom stereocenters. The Bertz CT molecular complexity index is 533. The maximum Gasteiger partial charge on any atom is 0.513 e. The fourth-order valence-electron chi connectivity index (χ4n) is 1.58. The Balaban J connectivity index is 2.96. The van der Waals surface area contributed by atoms with Crippen LogP contribution in [-0.2, 0) is 16.0 Å². The molecule has 0 aliphatic rings. The summed E-state index contributed by atoms with van der Waals surface area (Å²) in [5, 5.41) is 18.8. The first-order valence-corrected chi connectivity index (χ1v) is 6.20. The van der Waals surface area contributed by atoms with Crippen LogP contribution >= 0.6 is 0 Å². The number of phenolic OH excluding ortho intramolecular Hbond substituents is 1. The van der Waals surface area contributed by atoms with Crippen LogP contribution in [0.25, 0.3) is 0 Å². The van der Waals surface area contributed by atoms with E-state index in [1.807, 2.05) is 0 Å². The lowest BCUT2D eigenvalue weighted by Gasteiger charge is -2.23. The molecule has 0 radical (unpaired) electrons. The van der Waals surface area contributed by atoms with E-state index >= 15 is 0 Å². The van der Waals surface area contributed by atoms with Crippen molar-refractivity contribution in [2.24, 2.45) is 5.84 Å². The molecule has 1 aromatic rings. The van der Waals surface area contributed by atoms with Gasteiger partial charge in [0, 0.05) is 6.42 Å². The zero-order valence-electron chi connectivity index (χ0n) is 11.8. The molecule has 1 aromatic carbocycles. The Hall–Kier alpha value is -2.32. The van der Waals surface area contributed by atoms with Crippen molar-refractivity contribution in [3.63, 3.8) is 0 Å². The molecule has 1 rings (SSSR count). The Morgan fingerprint density at radius 3 is 2.62 bits per heavy atom. The van der Waals surface area contributed by atoms with Crippen molar-refractivity contribution in [3.8, 4) is 11.5 Å². The highest BCUT2D eigenvalue weighted by Gasteiger charge is 2.32. The molecular weight excluding hydrogens is 280 g/mol. The predicted octanol–water partition coefficient (Wildman–Crippen LogP) is 0.777. The number of carbonyl (C=O) groups excluding carboxylic acids is 1. The van der Waals surface area contributed by atoms with Gasteiger partial charge in [0.2, 0.25) is 0 Å². The fourth-order valence-corrected chi connectivity index (χ4v) is 1.58. The lowest BCUT2D eigenvalue weighted by molar-refractivity contribution is -0.144. The third-order valence-electron chi connectivity index (χ3n) is 2.83. The van der Waals surface area contributed by atoms with E-state index in [2.05, 4.69) is 10.2 Å². The van der Waals surface area contributed by atoms with Gasteiger partial charge in [0.25, 0.3) is 0 Å². The summed E-state index contributed by atoms with van der Waals surface area (Å²) in [4.78, 5) is 22.4. The van der Waals surface area contributed by atoms with Crippen molar-refractivity contribution < 1.29 is 29.3 Å². The highest BCUT2D eigenvalue weighted by molar-refractivity contribution is 5.78. The fraction of sp³-hybridized carbons (Fsp3) is 0.385. The molecule has 0 aliphatic heterocycles. The Morgan fingerprint density at radius 1 is 1.43 bits per heavy atom. The number of aliphatic carboxylic acids is 1. The molecule has 8 heteroatoms. The van der Waals surface area contributed by atoms with Gasteiger partial charge in [0.1, 0.15) is 5.54 Å². The van der Waals surface area contributed by atoms with E-state index in [4.69, 9.17) is 15.7 Å². The summed E-state index contributed by atoms with van der Waals surface area (Å²) in [6.45, 7) is 3.16. The average Bonchev–Trinajstić information content (AvgIpc) is 2.42. The molecule has 0 aromatic heterocycles. The van der Waals surface area contributed by atoms with Crippen molar-refractivity contribution in [3.05, 3.63) is 23.8 Å². The second-order valence-corrected chi connectivity index (χ2v) is 4.55. The minimum absolute atomic E-state index is 0.0261. The van der Waals surface area contributed by atoms with Gasteiger partial charge in [-0.15, -0.1) is 0 Å². The normalized spacial score (nSPS) is 13.3. The van der Waals surface area contributed by atoms with Gasteiger partial charge < -0.3 is 19.7 Å². The summed E-state index contributed by atoms with van der Waals surface area (Å²) in [6.07, 6.45) is -0.930. The van der Waals surface area contributed by atoms with E-state index in [0.717, 1.165) is 0 Å². The second kappa shape index (κ2) is 6.91. The van der Waals surface area contributed by atoms with Crippen molar-refractivity contribution in [1.82, 2.24) is 5.43 Å². The number of carboxylic acids is 1. The van der Waals surface area contributed by atoms with Gasteiger partial charge in [-0.1, -0.05) is 6.07 Å². The molecule has 21 heavy (non-hydrogen) atoms. The topological polar surface area (TPSA) is 131 Å². The summed E-state index contributed by atoms with van der Waals surface area (Å²) < 4.78 is 9.43. The molecule has 1 unspecified atom stereocenters. The highest BCUT2D eigenvalue weighted by atomic mass is 16.7. The number of aromatic hydroxyl groups is 1. The third kappa shape index (κ3) is 4.33. The molecule has 5 N–H and O–H groups in total. The largest absolute Gasteiger partial charge is 0.513 e. The van der Waals surface area contributed by atoms with Crippen LogP contribution < -0.4 is 16.0 Å². The van der Waals surface area contributed by atoms with E-state index in [0.29, 0.717) is 5.56 Å². The smallest absolute Gasteiger partial charge is 0.504 e. The predicted molar refractivity (Wildman–Crippen MR) is 72.8 cm³/mol. The van der Waals surface area contributed by atoms with Crippen LogP contribution in [0.15, 0.2) is 18.2 Å². The van der Waals surface area contributed by atoms with Gasteiger partial charge in [0.05, 0.1) is 6.61 Å². The van der Waals surface area contributed by atoms with Crippen molar-refractivity contribution in [2.75, 3.05) is 6.61 Å². The SMILES string of the molecule is CCOC(=O)Oc1cc(CC(C)(NN)C(=O)O)ccc1O. The minimum atomic E-state index is -1.39. The van der Waals surface area contributed by atoms with Gasteiger partial charge in [-0.05, 0) is 31.5 Å². The Kier molecular flexibility index (Phi) is 5.51. The molecule has 0 fully saturated rings. The first kappa shape index (κ1) is 16.7. The van der Waals surface area contributed by atoms with Crippen molar-refractivity contribution in [2.45, 2.75) is 25.8 Å². The number of hydrogen-bond donors (Lipinski definition) is 4. The Morgan fingerprint density at radius 2 is 2.10 bits per heavy atom. The number of nitrogens with one attached hydrogen (secondary N) is 1. The average molecular weight is 298 g/mol. The van der Waals surface area contributed by atoms with Crippen LogP contribution in [0.5, 0.6) is 11.5 Å². The van der Waals surface area contributed by atoms with Crippen molar-refractivity contribution >= 4 is 12.1 Å². The number of carboxylic acid groups (broad SMARTS) is 1. The quantitative estimate of drug-likeness (QED) is 0.262. The molecular formula is C13H18N2O6. The number of ether oxygens (including phenoxy) is 2. The molecule has 0 heterocycles. The zero-order chi connectivity index (χ0) is 16.0. The number of benzene rings is 1. The number of carbonyl (C=O) groups is 2. The van der Waals surface area contributed by atoms with E-state index in [-0.39, 0.29) is 24.5 Å². The van der Waals surface area contributed by atoms with Gasteiger partial charge in [-0.25, -0.2) is 10.2 Å². The molecule has 0 bridgehead atoms. The summed E-state index contributed by atoms with van der Waals surface area (Å²) in [5.74, 6) is 3.75. The summed E-state index contributed by atoms with van der Waals surface area (Å²) in [7, 11) is 0. The van der Waals surface area contributed by atoms with Gasteiger partial charge in [0.15, 0.2) is 11.5 Å². The minimum Gasteiger partial charge on any atom is -0.504 e. The summed E-state index contributed by atoms with van der Waals surface area (Å²) in [6, 6.07) is 4.15. The van der Waals surface area contributed by atoms with Crippen molar-refractivity contribution in [1.29, 1.82) is 0 Å². The van der Waals surface area contributed by atoms with Crippen LogP contribution in [0.3, 0.4) is 0 Å². The molecule has 8 nitrogen and oxygen atoms in total. The first-order chi connectivity index (χ1) is 9.82. The van der Waals surface area contributed by atoms with E-state index in [9.17, 15) is 14.7 Å². The number of phenols is 1. The van der Waals surface area contributed by atoms with E-state index < -0.39 is 17.7 Å². The zero-order valence-corrected chi connectivity index (χ0v) is 11.8. The molecule has 116 valence electrons. The van der Waals surface area contributed by atoms with Crippen LogP contribution in [-0.4, -0.2) is 34.5 Å². The van der Waals surface area contributed by atoms with Crippen LogP contribution in [0.2, 0.25) is 0 Å². The molecule has 0 saturated carbocycles. The number of hydrazine groups is 1. The van der Waals surface area contributed by atoms with Crippen LogP contribution in [0.1, 0.15) is 19.4 Å². The Labute approximate surface area is 121 Å². The monoisotopic (exact) mass is 298 g/mol. The van der Waals surface area contributed by atoms with Gasteiger partial charge >= 0.3 is 12.1 Å². The van der Waals surface area contributed by atoms with E-state index in [1.165, 1.54) is 25.1 Å². The molecule has 0 spiro atoms. The lowest BCUT2D eigenvalue weighted by Crippen LogP contribution is -2.54. The van der Waals surface area contributed by atoms with E-state index in [1.54, 1.807) is 6.92 Å². The van der Waals surface area contributed by atoms with Gasteiger partial charge in [-0.2, -0.15) is 0 Å². The first-order valence-electron chi connectivity index (χ1n) is 6.20. The van der Waals surface area contributed by atoms with Crippen LogP contribution in [0, 0.1) is 0 Å². The molecule has 0 aliphatic carbocycles. The summed E-state index contributed by atoms with van der Waals surface area (Å²) in [5.41, 5.74) is 1.35. The molecule has 0 saturated heterocycles. The molecule has 0 amide bonds. The number of rotatable bonds is 6. The number of hydrogen-bond acceptors (Lipinski definition) is 7.